The minimum Gasteiger partial charge on any atom is -0.452 e. The summed E-state index contributed by atoms with van der Waals surface area (Å²) >= 11 is 0. The molecule has 142 valence electrons. The number of anilines is 2. The van der Waals surface area contributed by atoms with Gasteiger partial charge in [0.2, 0.25) is 0 Å². The Labute approximate surface area is 159 Å². The Bertz CT molecular complexity index is 800. The standard InChI is InChI=1S/C19H25N7O/c1-25-8-6-15(7-9-25)21-10-14-4-2-3-5-17(14)26-13-27-19(24-26)16-11-23-18(20)12-22-16/h2-5,11-12,15,21H,6-10,13H2,1H3,(H2,20,23). The zero-order valence-electron chi connectivity index (χ0n) is 15.5. The van der Waals surface area contributed by atoms with Crippen LogP contribution >= 0.6 is 0 Å². The van der Waals surface area contributed by atoms with Crippen LogP contribution in [-0.2, 0) is 11.3 Å². The summed E-state index contributed by atoms with van der Waals surface area (Å²) in [5.41, 5.74) is 8.41. The van der Waals surface area contributed by atoms with E-state index in [4.69, 9.17) is 10.5 Å². The molecule has 0 saturated carbocycles. The van der Waals surface area contributed by atoms with Gasteiger partial charge in [-0.05, 0) is 44.6 Å². The molecule has 1 aromatic heterocycles. The largest absolute Gasteiger partial charge is 0.452 e. The fraction of sp³-hybridized carbons (Fsp3) is 0.421. The number of nitrogens with one attached hydrogen (secondary N) is 1. The van der Waals surface area contributed by atoms with Gasteiger partial charge in [-0.3, -0.25) is 0 Å². The highest BCUT2D eigenvalue weighted by molar-refractivity contribution is 5.93. The van der Waals surface area contributed by atoms with Crippen LogP contribution in [0.5, 0.6) is 0 Å². The number of nitrogens with two attached hydrogens (primary N) is 1. The Morgan fingerprint density at radius 2 is 2.00 bits per heavy atom. The number of likely N-dealkylation sites (tertiary alicyclic amines) is 1. The van der Waals surface area contributed by atoms with Crippen LogP contribution in [0.25, 0.3) is 0 Å². The normalized spacial score (nSPS) is 18.4. The first-order valence-corrected chi connectivity index (χ1v) is 9.26. The van der Waals surface area contributed by atoms with Crippen molar-refractivity contribution in [2.45, 2.75) is 25.4 Å². The summed E-state index contributed by atoms with van der Waals surface area (Å²) < 4.78 is 5.71. The number of nitrogens with zero attached hydrogens (tertiary/aromatic N) is 5. The third kappa shape index (κ3) is 4.17. The van der Waals surface area contributed by atoms with Crippen LogP contribution in [-0.4, -0.2) is 53.7 Å². The summed E-state index contributed by atoms with van der Waals surface area (Å²) in [6.07, 6.45) is 5.45. The van der Waals surface area contributed by atoms with E-state index in [-0.39, 0.29) is 0 Å². The number of hydrogen-bond acceptors (Lipinski definition) is 8. The van der Waals surface area contributed by atoms with Crippen molar-refractivity contribution in [1.82, 2.24) is 20.2 Å². The number of hydrogen-bond donors (Lipinski definition) is 2. The molecular weight excluding hydrogens is 342 g/mol. The second-order valence-corrected chi connectivity index (χ2v) is 6.99. The maximum atomic E-state index is 5.71. The van der Waals surface area contributed by atoms with Crippen molar-refractivity contribution in [3.8, 4) is 0 Å². The van der Waals surface area contributed by atoms with Crippen LogP contribution in [0.1, 0.15) is 24.1 Å². The van der Waals surface area contributed by atoms with E-state index in [1.165, 1.54) is 24.6 Å². The smallest absolute Gasteiger partial charge is 0.260 e. The van der Waals surface area contributed by atoms with Gasteiger partial charge in [-0.1, -0.05) is 18.2 Å². The van der Waals surface area contributed by atoms with Gasteiger partial charge < -0.3 is 20.7 Å². The molecule has 0 spiro atoms. The van der Waals surface area contributed by atoms with Gasteiger partial charge in [0.15, 0.2) is 6.73 Å². The number of hydrazone groups is 1. The van der Waals surface area contributed by atoms with E-state index >= 15 is 0 Å². The number of piperidine rings is 1. The van der Waals surface area contributed by atoms with Gasteiger partial charge in [-0.2, -0.15) is 0 Å². The molecule has 2 aliphatic heterocycles. The van der Waals surface area contributed by atoms with Crippen LogP contribution in [0.15, 0.2) is 41.8 Å². The van der Waals surface area contributed by atoms with Crippen molar-refractivity contribution >= 4 is 17.4 Å². The molecule has 0 bridgehead atoms. The average molecular weight is 367 g/mol. The average Bonchev–Trinajstić information content (AvgIpc) is 3.18. The highest BCUT2D eigenvalue weighted by atomic mass is 16.5. The maximum Gasteiger partial charge on any atom is 0.260 e. The molecule has 0 atom stereocenters. The number of ether oxygens (including phenoxy) is 1. The van der Waals surface area contributed by atoms with E-state index in [1.807, 2.05) is 11.1 Å². The van der Waals surface area contributed by atoms with Gasteiger partial charge in [-0.15, -0.1) is 5.10 Å². The molecule has 4 rings (SSSR count). The molecule has 3 N–H and O–H groups in total. The van der Waals surface area contributed by atoms with Crippen molar-refractivity contribution < 1.29 is 4.74 Å². The van der Waals surface area contributed by atoms with E-state index < -0.39 is 0 Å². The van der Waals surface area contributed by atoms with Crippen molar-refractivity contribution in [2.75, 3.05) is 37.6 Å². The minimum atomic E-state index is 0.354. The van der Waals surface area contributed by atoms with Crippen molar-refractivity contribution in [1.29, 1.82) is 0 Å². The van der Waals surface area contributed by atoms with Crippen LogP contribution < -0.4 is 16.1 Å². The summed E-state index contributed by atoms with van der Waals surface area (Å²) in [5, 5.41) is 10.1. The first kappa shape index (κ1) is 17.7. The molecule has 27 heavy (non-hydrogen) atoms. The van der Waals surface area contributed by atoms with Crippen LogP contribution in [0, 0.1) is 0 Å². The predicted molar refractivity (Wildman–Crippen MR) is 105 cm³/mol. The molecule has 1 aromatic carbocycles. The fourth-order valence-corrected chi connectivity index (χ4v) is 3.37. The van der Waals surface area contributed by atoms with E-state index in [1.54, 1.807) is 6.20 Å². The van der Waals surface area contributed by atoms with Crippen molar-refractivity contribution in [2.24, 2.45) is 5.10 Å². The molecule has 0 amide bonds. The lowest BCUT2D eigenvalue weighted by Gasteiger charge is -2.30. The van der Waals surface area contributed by atoms with Gasteiger partial charge in [0.1, 0.15) is 11.5 Å². The lowest BCUT2D eigenvalue weighted by molar-refractivity contribution is 0.234. The van der Waals surface area contributed by atoms with Crippen LogP contribution in [0.2, 0.25) is 0 Å². The number of aromatic nitrogens is 2. The second kappa shape index (κ2) is 7.89. The summed E-state index contributed by atoms with van der Waals surface area (Å²) in [4.78, 5) is 10.7. The third-order valence-electron chi connectivity index (χ3n) is 5.00. The topological polar surface area (TPSA) is 91.9 Å². The lowest BCUT2D eigenvalue weighted by atomic mass is 10.0. The minimum absolute atomic E-state index is 0.354. The van der Waals surface area contributed by atoms with Gasteiger partial charge in [0.25, 0.3) is 5.90 Å². The first-order chi connectivity index (χ1) is 13.2. The summed E-state index contributed by atoms with van der Waals surface area (Å²) in [5.74, 6) is 0.833. The highest BCUT2D eigenvalue weighted by Gasteiger charge is 2.22. The van der Waals surface area contributed by atoms with Crippen molar-refractivity contribution in [3.63, 3.8) is 0 Å². The molecule has 1 saturated heterocycles. The Morgan fingerprint density at radius 3 is 2.78 bits per heavy atom. The zero-order valence-corrected chi connectivity index (χ0v) is 15.5. The zero-order chi connectivity index (χ0) is 18.6. The van der Waals surface area contributed by atoms with Gasteiger partial charge in [0, 0.05) is 12.6 Å². The number of nitrogen functional groups attached to an aromatic ring is 1. The van der Waals surface area contributed by atoms with E-state index in [9.17, 15) is 0 Å². The highest BCUT2D eigenvalue weighted by Crippen LogP contribution is 2.24. The van der Waals surface area contributed by atoms with E-state index in [0.29, 0.717) is 30.2 Å². The van der Waals surface area contributed by atoms with Crippen molar-refractivity contribution in [3.05, 3.63) is 47.9 Å². The van der Waals surface area contributed by atoms with E-state index in [0.717, 1.165) is 25.3 Å². The Kier molecular flexibility index (Phi) is 5.17. The third-order valence-corrected chi connectivity index (χ3v) is 5.00. The molecule has 8 nitrogen and oxygen atoms in total. The fourth-order valence-electron chi connectivity index (χ4n) is 3.37. The SMILES string of the molecule is CN1CCC(NCc2ccccc2N2COC(c3cnc(N)cn3)=N2)CC1. The van der Waals surface area contributed by atoms with E-state index in [2.05, 4.69) is 50.5 Å². The van der Waals surface area contributed by atoms with Crippen LogP contribution in [0.4, 0.5) is 11.5 Å². The monoisotopic (exact) mass is 367 g/mol. The van der Waals surface area contributed by atoms with Gasteiger partial charge >= 0.3 is 0 Å². The molecule has 2 aromatic rings. The molecule has 0 unspecified atom stereocenters. The summed E-state index contributed by atoms with van der Waals surface area (Å²) in [6, 6.07) is 8.84. The molecule has 8 heteroatoms. The molecule has 1 fully saturated rings. The Hall–Kier alpha value is -2.71. The van der Waals surface area contributed by atoms with Crippen LogP contribution in [0.3, 0.4) is 0 Å². The first-order valence-electron chi connectivity index (χ1n) is 9.26. The van der Waals surface area contributed by atoms with Gasteiger partial charge in [-0.25, -0.2) is 15.0 Å². The number of benzene rings is 1. The predicted octanol–water partition coefficient (Wildman–Crippen LogP) is 1.40. The summed E-state index contributed by atoms with van der Waals surface area (Å²) in [6.45, 7) is 3.46. The Morgan fingerprint density at radius 1 is 1.19 bits per heavy atom. The summed E-state index contributed by atoms with van der Waals surface area (Å²) in [7, 11) is 2.18. The second-order valence-electron chi connectivity index (χ2n) is 6.99. The molecular formula is C19H25N7O. The number of rotatable bonds is 5. The maximum absolute atomic E-state index is 5.71. The van der Waals surface area contributed by atoms with Gasteiger partial charge in [0.05, 0.1) is 18.1 Å². The molecule has 0 aliphatic carbocycles. The quantitative estimate of drug-likeness (QED) is 0.825. The molecule has 0 radical (unpaired) electrons. The Balaban J connectivity index is 1.45. The number of para-hydroxylation sites is 1. The molecule has 2 aliphatic rings. The lowest BCUT2D eigenvalue weighted by Crippen LogP contribution is -2.40. The molecule has 3 heterocycles.